The first-order valence-corrected chi connectivity index (χ1v) is 7.40. The van der Waals surface area contributed by atoms with Crippen molar-refractivity contribution in [3.8, 4) is 0 Å². The molecule has 0 aromatic carbocycles. The number of rotatable bonds is 2. The Morgan fingerprint density at radius 2 is 2.10 bits per heavy atom. The van der Waals surface area contributed by atoms with Crippen LogP contribution in [0.2, 0.25) is 0 Å². The Kier molecular flexibility index (Phi) is 4.39. The zero-order chi connectivity index (χ0) is 15.6. The van der Waals surface area contributed by atoms with Crippen molar-refractivity contribution in [2.75, 3.05) is 13.1 Å². The average molecular weight is 297 g/mol. The van der Waals surface area contributed by atoms with Crippen LogP contribution >= 0.6 is 0 Å². The van der Waals surface area contributed by atoms with Gasteiger partial charge in [-0.1, -0.05) is 13.8 Å². The molecular weight excluding hydrogens is 274 g/mol. The Hall–Kier alpha value is -1.79. The van der Waals surface area contributed by atoms with E-state index >= 15 is 0 Å². The Labute approximate surface area is 124 Å². The van der Waals surface area contributed by atoms with Gasteiger partial charge in [0.05, 0.1) is 0 Å². The molecule has 2 unspecified atom stereocenters. The maximum atomic E-state index is 12.4. The first kappa shape index (κ1) is 15.6. The molecule has 2 atom stereocenters. The van der Waals surface area contributed by atoms with Gasteiger partial charge in [0, 0.05) is 13.1 Å². The van der Waals surface area contributed by atoms with Crippen molar-refractivity contribution in [3.05, 3.63) is 0 Å². The SMILES string of the molecule is CC1(C)CCCN(C(=O)NC2CCCNC2=O)C1C(=O)O. The number of aliphatic carboxylic acids is 1. The Morgan fingerprint density at radius 3 is 2.71 bits per heavy atom. The summed E-state index contributed by atoms with van der Waals surface area (Å²) >= 11 is 0. The van der Waals surface area contributed by atoms with E-state index < -0.39 is 29.5 Å². The van der Waals surface area contributed by atoms with Crippen LogP contribution in [0.25, 0.3) is 0 Å². The van der Waals surface area contributed by atoms with Crippen molar-refractivity contribution in [1.82, 2.24) is 15.5 Å². The average Bonchev–Trinajstić information content (AvgIpc) is 2.39. The molecule has 0 aliphatic carbocycles. The first-order chi connectivity index (χ1) is 9.83. The van der Waals surface area contributed by atoms with E-state index in [2.05, 4.69) is 10.6 Å². The van der Waals surface area contributed by atoms with Gasteiger partial charge in [-0.2, -0.15) is 0 Å². The predicted octanol–water partition coefficient (Wildman–Crippen LogP) is 0.550. The molecule has 2 heterocycles. The van der Waals surface area contributed by atoms with Gasteiger partial charge < -0.3 is 20.6 Å². The van der Waals surface area contributed by atoms with Gasteiger partial charge in [0.1, 0.15) is 12.1 Å². The molecular formula is C14H23N3O4. The molecule has 0 spiro atoms. The summed E-state index contributed by atoms with van der Waals surface area (Å²) < 4.78 is 0. The second-order valence-electron chi connectivity index (χ2n) is 6.46. The third-order valence-electron chi connectivity index (χ3n) is 4.35. The van der Waals surface area contributed by atoms with Crippen LogP contribution in [0.5, 0.6) is 0 Å². The quantitative estimate of drug-likeness (QED) is 0.693. The largest absolute Gasteiger partial charge is 0.480 e. The van der Waals surface area contributed by atoms with Crippen molar-refractivity contribution in [3.63, 3.8) is 0 Å². The van der Waals surface area contributed by atoms with Crippen molar-refractivity contribution in [1.29, 1.82) is 0 Å². The van der Waals surface area contributed by atoms with E-state index in [1.165, 1.54) is 4.90 Å². The molecule has 0 aromatic heterocycles. The van der Waals surface area contributed by atoms with Gasteiger partial charge >= 0.3 is 12.0 Å². The van der Waals surface area contributed by atoms with E-state index in [-0.39, 0.29) is 5.91 Å². The second-order valence-corrected chi connectivity index (χ2v) is 6.46. The summed E-state index contributed by atoms with van der Waals surface area (Å²) in [6, 6.07) is -1.89. The van der Waals surface area contributed by atoms with Crippen LogP contribution in [0, 0.1) is 5.41 Å². The van der Waals surface area contributed by atoms with Crippen LogP contribution in [-0.2, 0) is 9.59 Å². The van der Waals surface area contributed by atoms with E-state index in [1.54, 1.807) is 0 Å². The highest BCUT2D eigenvalue weighted by Crippen LogP contribution is 2.35. The highest BCUT2D eigenvalue weighted by molar-refractivity contribution is 5.89. The van der Waals surface area contributed by atoms with Gasteiger partial charge in [-0.05, 0) is 31.1 Å². The Bertz CT molecular complexity index is 450. The fourth-order valence-electron chi connectivity index (χ4n) is 3.22. The molecule has 2 fully saturated rings. The summed E-state index contributed by atoms with van der Waals surface area (Å²) in [5.74, 6) is -1.19. The smallest absolute Gasteiger partial charge is 0.327 e. The molecule has 0 radical (unpaired) electrons. The molecule has 118 valence electrons. The summed E-state index contributed by atoms with van der Waals surface area (Å²) in [5, 5.41) is 14.8. The number of carbonyl (C=O) groups excluding carboxylic acids is 2. The Morgan fingerprint density at radius 1 is 1.38 bits per heavy atom. The maximum absolute atomic E-state index is 12.4. The number of nitrogens with one attached hydrogen (secondary N) is 2. The summed E-state index contributed by atoms with van der Waals surface area (Å²) in [4.78, 5) is 37.0. The molecule has 3 N–H and O–H groups in total. The predicted molar refractivity (Wildman–Crippen MR) is 75.7 cm³/mol. The normalized spacial score (nSPS) is 28.7. The van der Waals surface area contributed by atoms with Crippen LogP contribution in [0.1, 0.15) is 39.5 Å². The lowest BCUT2D eigenvalue weighted by atomic mass is 9.76. The molecule has 0 saturated carbocycles. The van der Waals surface area contributed by atoms with Gasteiger partial charge in [-0.3, -0.25) is 4.79 Å². The molecule has 0 aromatic rings. The lowest BCUT2D eigenvalue weighted by Gasteiger charge is -2.44. The minimum absolute atomic E-state index is 0.197. The van der Waals surface area contributed by atoms with Gasteiger partial charge in [-0.25, -0.2) is 9.59 Å². The number of carbonyl (C=O) groups is 3. The van der Waals surface area contributed by atoms with Gasteiger partial charge in [0.15, 0.2) is 0 Å². The number of likely N-dealkylation sites (tertiary alicyclic amines) is 1. The van der Waals surface area contributed by atoms with Crippen molar-refractivity contribution >= 4 is 17.9 Å². The summed E-state index contributed by atoms with van der Waals surface area (Å²) in [6.45, 7) is 4.75. The van der Waals surface area contributed by atoms with E-state index in [9.17, 15) is 19.5 Å². The minimum Gasteiger partial charge on any atom is -0.480 e. The summed E-state index contributed by atoms with van der Waals surface area (Å²) in [6.07, 6.45) is 2.93. The number of amides is 3. The third kappa shape index (κ3) is 3.28. The van der Waals surface area contributed by atoms with Gasteiger partial charge in [-0.15, -0.1) is 0 Å². The molecule has 3 amide bonds. The number of carboxylic acid groups (broad SMARTS) is 1. The molecule has 0 bridgehead atoms. The fourth-order valence-corrected chi connectivity index (χ4v) is 3.22. The summed E-state index contributed by atoms with van der Waals surface area (Å²) in [7, 11) is 0. The number of nitrogens with zero attached hydrogens (tertiary/aromatic N) is 1. The number of hydrogen-bond acceptors (Lipinski definition) is 3. The lowest BCUT2D eigenvalue weighted by molar-refractivity contribution is -0.148. The molecule has 2 aliphatic heterocycles. The van der Waals surface area contributed by atoms with Crippen LogP contribution in [0.3, 0.4) is 0 Å². The van der Waals surface area contributed by atoms with Crippen LogP contribution in [0.4, 0.5) is 4.79 Å². The number of hydrogen-bond donors (Lipinski definition) is 3. The molecule has 21 heavy (non-hydrogen) atoms. The van der Waals surface area contributed by atoms with Crippen LogP contribution in [-0.4, -0.2) is 53.1 Å². The Balaban J connectivity index is 2.09. The van der Waals surface area contributed by atoms with E-state index in [0.717, 1.165) is 19.3 Å². The van der Waals surface area contributed by atoms with Crippen molar-refractivity contribution < 1.29 is 19.5 Å². The third-order valence-corrected chi connectivity index (χ3v) is 4.35. The molecule has 2 aliphatic rings. The number of urea groups is 1. The minimum atomic E-state index is -0.997. The number of carboxylic acids is 1. The van der Waals surface area contributed by atoms with Gasteiger partial charge in [0.2, 0.25) is 5.91 Å². The molecule has 2 rings (SSSR count). The van der Waals surface area contributed by atoms with E-state index in [1.807, 2.05) is 13.8 Å². The van der Waals surface area contributed by atoms with E-state index in [0.29, 0.717) is 19.5 Å². The highest BCUT2D eigenvalue weighted by Gasteiger charge is 2.45. The molecule has 7 heteroatoms. The lowest BCUT2D eigenvalue weighted by Crippen LogP contribution is -2.61. The van der Waals surface area contributed by atoms with Crippen LogP contribution in [0.15, 0.2) is 0 Å². The highest BCUT2D eigenvalue weighted by atomic mass is 16.4. The van der Waals surface area contributed by atoms with Crippen molar-refractivity contribution in [2.24, 2.45) is 5.41 Å². The van der Waals surface area contributed by atoms with Crippen molar-refractivity contribution in [2.45, 2.75) is 51.6 Å². The second kappa shape index (κ2) is 5.91. The first-order valence-electron chi connectivity index (χ1n) is 7.40. The fraction of sp³-hybridized carbons (Fsp3) is 0.786. The maximum Gasteiger partial charge on any atom is 0.327 e. The molecule has 7 nitrogen and oxygen atoms in total. The zero-order valence-electron chi connectivity index (χ0n) is 12.5. The number of piperidine rings is 2. The van der Waals surface area contributed by atoms with Gasteiger partial charge in [0.25, 0.3) is 0 Å². The van der Waals surface area contributed by atoms with E-state index in [4.69, 9.17) is 0 Å². The van der Waals surface area contributed by atoms with Crippen LogP contribution < -0.4 is 10.6 Å². The standard InChI is InChI=1S/C14H23N3O4/c1-14(2)6-4-8-17(10(14)12(19)20)13(21)16-9-5-3-7-15-11(9)18/h9-10H,3-8H2,1-2H3,(H,15,18)(H,16,21)(H,19,20). The monoisotopic (exact) mass is 297 g/mol. The zero-order valence-corrected chi connectivity index (χ0v) is 12.5. The topological polar surface area (TPSA) is 98.7 Å². The molecule has 2 saturated heterocycles. The summed E-state index contributed by atoms with van der Waals surface area (Å²) in [5.41, 5.74) is -0.476.